The lowest BCUT2D eigenvalue weighted by atomic mass is 10.1. The standard InChI is InChI=1S/C13H13N3O2S/c17-16(18)12-6-2-1-4-9(12)11-8-19-13(15-11)10-5-3-7-14-10/h1-2,4,6,8,10,14H,3,5,7H2. The fourth-order valence-corrected chi connectivity index (χ4v) is 3.24. The molecule has 1 aromatic heterocycles. The summed E-state index contributed by atoms with van der Waals surface area (Å²) in [7, 11) is 0. The number of hydrogen-bond acceptors (Lipinski definition) is 5. The van der Waals surface area contributed by atoms with Crippen LogP contribution in [0.15, 0.2) is 29.6 Å². The molecule has 0 amide bonds. The van der Waals surface area contributed by atoms with Gasteiger partial charge in [-0.15, -0.1) is 11.3 Å². The fourth-order valence-electron chi connectivity index (χ4n) is 2.32. The summed E-state index contributed by atoms with van der Waals surface area (Å²) in [5, 5.41) is 17.3. The Kier molecular flexibility index (Phi) is 3.27. The van der Waals surface area contributed by atoms with Gasteiger partial charge in [0, 0.05) is 11.4 Å². The molecule has 0 aliphatic carbocycles. The van der Waals surface area contributed by atoms with E-state index < -0.39 is 0 Å². The van der Waals surface area contributed by atoms with Crippen LogP contribution in [0.3, 0.4) is 0 Å². The Morgan fingerprint density at radius 1 is 1.42 bits per heavy atom. The first kappa shape index (κ1) is 12.3. The van der Waals surface area contributed by atoms with Crippen molar-refractivity contribution < 1.29 is 4.92 Å². The maximum Gasteiger partial charge on any atom is 0.278 e. The first-order valence-electron chi connectivity index (χ1n) is 6.18. The third-order valence-corrected chi connectivity index (χ3v) is 4.22. The second kappa shape index (κ2) is 5.07. The molecule has 1 N–H and O–H groups in total. The molecule has 6 heteroatoms. The highest BCUT2D eigenvalue weighted by molar-refractivity contribution is 7.10. The molecule has 1 aliphatic heterocycles. The monoisotopic (exact) mass is 275 g/mol. The molecular formula is C13H13N3O2S. The molecule has 1 aliphatic rings. The molecule has 3 rings (SSSR count). The van der Waals surface area contributed by atoms with E-state index in [1.807, 2.05) is 5.38 Å². The van der Waals surface area contributed by atoms with Crippen LogP contribution in [0.1, 0.15) is 23.9 Å². The number of aromatic nitrogens is 1. The highest BCUT2D eigenvalue weighted by atomic mass is 32.1. The van der Waals surface area contributed by atoms with Gasteiger partial charge in [-0.1, -0.05) is 12.1 Å². The van der Waals surface area contributed by atoms with E-state index in [1.54, 1.807) is 29.5 Å². The predicted molar refractivity (Wildman–Crippen MR) is 74.2 cm³/mol. The van der Waals surface area contributed by atoms with Crippen LogP contribution in [-0.4, -0.2) is 16.5 Å². The maximum absolute atomic E-state index is 11.0. The number of nitro groups is 1. The van der Waals surface area contributed by atoms with Crippen molar-refractivity contribution >= 4 is 17.0 Å². The van der Waals surface area contributed by atoms with Crippen molar-refractivity contribution in [3.05, 3.63) is 44.8 Å². The zero-order chi connectivity index (χ0) is 13.2. The Balaban J connectivity index is 1.96. The predicted octanol–water partition coefficient (Wildman–Crippen LogP) is 3.14. The van der Waals surface area contributed by atoms with Crippen LogP contribution in [0.25, 0.3) is 11.3 Å². The first-order valence-corrected chi connectivity index (χ1v) is 7.06. The molecule has 19 heavy (non-hydrogen) atoms. The lowest BCUT2D eigenvalue weighted by Gasteiger charge is -2.04. The number of hydrogen-bond donors (Lipinski definition) is 1. The molecule has 1 unspecified atom stereocenters. The van der Waals surface area contributed by atoms with E-state index in [0.29, 0.717) is 17.3 Å². The third kappa shape index (κ3) is 2.36. The topological polar surface area (TPSA) is 68.1 Å². The minimum Gasteiger partial charge on any atom is -0.308 e. The van der Waals surface area contributed by atoms with E-state index in [0.717, 1.165) is 24.4 Å². The number of nitro benzene ring substituents is 1. The van der Waals surface area contributed by atoms with Crippen molar-refractivity contribution in [2.24, 2.45) is 0 Å². The first-order chi connectivity index (χ1) is 9.25. The molecule has 0 radical (unpaired) electrons. The van der Waals surface area contributed by atoms with E-state index in [4.69, 9.17) is 0 Å². The Morgan fingerprint density at radius 3 is 3.00 bits per heavy atom. The second-order valence-corrected chi connectivity index (χ2v) is 5.38. The molecule has 0 spiro atoms. The zero-order valence-corrected chi connectivity index (χ0v) is 11.0. The molecule has 5 nitrogen and oxygen atoms in total. The summed E-state index contributed by atoms with van der Waals surface area (Å²) in [5.74, 6) is 0. The Hall–Kier alpha value is -1.79. The van der Waals surface area contributed by atoms with Crippen LogP contribution in [0, 0.1) is 10.1 Å². The summed E-state index contributed by atoms with van der Waals surface area (Å²) in [4.78, 5) is 15.2. The number of para-hydroxylation sites is 1. The molecule has 1 atom stereocenters. The van der Waals surface area contributed by atoms with Crippen molar-refractivity contribution in [2.75, 3.05) is 6.54 Å². The Bertz CT molecular complexity index is 605. The molecular weight excluding hydrogens is 262 g/mol. The van der Waals surface area contributed by atoms with Crippen molar-refractivity contribution in [1.82, 2.24) is 10.3 Å². The van der Waals surface area contributed by atoms with Gasteiger partial charge in [-0.2, -0.15) is 0 Å². The average molecular weight is 275 g/mol. The number of thiazole rings is 1. The van der Waals surface area contributed by atoms with Gasteiger partial charge in [-0.25, -0.2) is 4.98 Å². The number of nitrogens with zero attached hydrogens (tertiary/aromatic N) is 2. The van der Waals surface area contributed by atoms with Crippen molar-refractivity contribution in [1.29, 1.82) is 0 Å². The summed E-state index contributed by atoms with van der Waals surface area (Å²) in [6, 6.07) is 7.05. The van der Waals surface area contributed by atoms with E-state index in [-0.39, 0.29) is 10.6 Å². The van der Waals surface area contributed by atoms with Gasteiger partial charge < -0.3 is 5.32 Å². The van der Waals surface area contributed by atoms with Crippen molar-refractivity contribution in [2.45, 2.75) is 18.9 Å². The van der Waals surface area contributed by atoms with Gasteiger partial charge in [-0.3, -0.25) is 10.1 Å². The van der Waals surface area contributed by atoms with Gasteiger partial charge in [0.1, 0.15) is 5.01 Å². The highest BCUT2D eigenvalue weighted by Crippen LogP contribution is 2.33. The van der Waals surface area contributed by atoms with Crippen LogP contribution >= 0.6 is 11.3 Å². The largest absolute Gasteiger partial charge is 0.308 e. The molecule has 1 fully saturated rings. The third-order valence-electron chi connectivity index (χ3n) is 3.26. The van der Waals surface area contributed by atoms with Crippen LogP contribution in [-0.2, 0) is 0 Å². The number of rotatable bonds is 3. The van der Waals surface area contributed by atoms with E-state index in [1.165, 1.54) is 6.07 Å². The van der Waals surface area contributed by atoms with E-state index >= 15 is 0 Å². The van der Waals surface area contributed by atoms with Gasteiger partial charge in [0.2, 0.25) is 0 Å². The summed E-state index contributed by atoms with van der Waals surface area (Å²) in [6.07, 6.45) is 2.24. The van der Waals surface area contributed by atoms with Crippen molar-refractivity contribution in [3.8, 4) is 11.3 Å². The lowest BCUT2D eigenvalue weighted by molar-refractivity contribution is -0.384. The zero-order valence-electron chi connectivity index (χ0n) is 10.2. The maximum atomic E-state index is 11.0. The normalized spacial score (nSPS) is 18.6. The minimum atomic E-state index is -0.359. The van der Waals surface area contributed by atoms with Gasteiger partial charge in [0.05, 0.1) is 22.2 Å². The SMILES string of the molecule is O=[N+]([O-])c1ccccc1-c1csc(C2CCCN2)n1. The highest BCUT2D eigenvalue weighted by Gasteiger charge is 2.22. The minimum absolute atomic E-state index is 0.110. The van der Waals surface area contributed by atoms with Crippen molar-refractivity contribution in [3.63, 3.8) is 0 Å². The summed E-state index contributed by atoms with van der Waals surface area (Å²) in [5.41, 5.74) is 1.40. The van der Waals surface area contributed by atoms with Crippen LogP contribution in [0.4, 0.5) is 5.69 Å². The molecule has 0 bridgehead atoms. The van der Waals surface area contributed by atoms with Gasteiger partial charge >= 0.3 is 0 Å². The number of benzene rings is 1. The molecule has 1 saturated heterocycles. The summed E-state index contributed by atoms with van der Waals surface area (Å²) < 4.78 is 0. The Morgan fingerprint density at radius 2 is 2.26 bits per heavy atom. The van der Waals surface area contributed by atoms with Crippen LogP contribution in [0.5, 0.6) is 0 Å². The molecule has 98 valence electrons. The molecule has 2 heterocycles. The second-order valence-electron chi connectivity index (χ2n) is 4.49. The summed E-state index contributed by atoms with van der Waals surface area (Å²) >= 11 is 1.57. The quantitative estimate of drug-likeness (QED) is 0.690. The van der Waals surface area contributed by atoms with Gasteiger partial charge in [0.15, 0.2) is 0 Å². The summed E-state index contributed by atoms with van der Waals surface area (Å²) in [6.45, 7) is 1.02. The Labute approximate surface area is 114 Å². The molecule has 2 aromatic rings. The lowest BCUT2D eigenvalue weighted by Crippen LogP contribution is -2.12. The van der Waals surface area contributed by atoms with Crippen LogP contribution < -0.4 is 5.32 Å². The van der Waals surface area contributed by atoms with Gasteiger partial charge in [0.25, 0.3) is 5.69 Å². The average Bonchev–Trinajstić information content (AvgIpc) is 3.09. The molecule has 1 aromatic carbocycles. The van der Waals surface area contributed by atoms with Gasteiger partial charge in [-0.05, 0) is 25.5 Å². The molecule has 0 saturated carbocycles. The number of nitrogens with one attached hydrogen (secondary N) is 1. The smallest absolute Gasteiger partial charge is 0.278 e. The van der Waals surface area contributed by atoms with Crippen LogP contribution in [0.2, 0.25) is 0 Å². The fraction of sp³-hybridized carbons (Fsp3) is 0.308. The van der Waals surface area contributed by atoms with E-state index in [9.17, 15) is 10.1 Å². The van der Waals surface area contributed by atoms with E-state index in [2.05, 4.69) is 10.3 Å².